The van der Waals surface area contributed by atoms with Crippen LogP contribution >= 0.6 is 11.3 Å². The van der Waals surface area contributed by atoms with Gasteiger partial charge in [-0.1, -0.05) is 0 Å². The Hall–Kier alpha value is -1.47. The molecule has 0 aliphatic rings. The number of nitrogens with zero attached hydrogens (tertiary/aromatic N) is 2. The number of hydrogen-bond donors (Lipinski definition) is 1. The molecule has 1 N–H and O–H groups in total. The Labute approximate surface area is 105 Å². The summed E-state index contributed by atoms with van der Waals surface area (Å²) in [5.41, 5.74) is -0.000375. The van der Waals surface area contributed by atoms with Gasteiger partial charge in [-0.15, -0.1) is 0 Å². The quantitative estimate of drug-likeness (QED) is 0.915. The summed E-state index contributed by atoms with van der Waals surface area (Å²) in [4.78, 5) is 7.39. The maximum absolute atomic E-state index is 12.8. The van der Waals surface area contributed by atoms with Crippen LogP contribution in [-0.4, -0.2) is 15.1 Å². The standard InChI is InChI=1S/C11H9F3N2OS/c1-6-4-18-5-8(6)10-15-2-7(3-17)9(16-10)11(12,13)14/h2,4-5,17H,3H2,1H3. The Morgan fingerprint density at radius 1 is 1.33 bits per heavy atom. The van der Waals surface area contributed by atoms with E-state index in [4.69, 9.17) is 5.11 Å². The van der Waals surface area contributed by atoms with Gasteiger partial charge >= 0.3 is 6.18 Å². The number of aromatic nitrogens is 2. The lowest BCUT2D eigenvalue weighted by molar-refractivity contribution is -0.142. The Morgan fingerprint density at radius 2 is 2.06 bits per heavy atom. The highest BCUT2D eigenvalue weighted by atomic mass is 32.1. The summed E-state index contributed by atoms with van der Waals surface area (Å²) < 4.78 is 38.3. The van der Waals surface area contributed by atoms with Crippen molar-refractivity contribution in [3.8, 4) is 11.4 Å². The van der Waals surface area contributed by atoms with E-state index in [9.17, 15) is 13.2 Å². The first-order valence-electron chi connectivity index (χ1n) is 5.00. The fraction of sp³-hybridized carbons (Fsp3) is 0.273. The van der Waals surface area contributed by atoms with Crippen LogP contribution in [-0.2, 0) is 12.8 Å². The molecule has 0 bridgehead atoms. The van der Waals surface area contributed by atoms with Gasteiger partial charge in [0.2, 0.25) is 0 Å². The molecule has 0 fully saturated rings. The van der Waals surface area contributed by atoms with Crippen LogP contribution in [0.4, 0.5) is 13.2 Å². The summed E-state index contributed by atoms with van der Waals surface area (Å²) in [6.45, 7) is 1.04. The van der Waals surface area contributed by atoms with Crippen LogP contribution in [0.15, 0.2) is 17.0 Å². The molecule has 0 aliphatic carbocycles. The molecule has 0 saturated heterocycles. The van der Waals surface area contributed by atoms with E-state index < -0.39 is 18.5 Å². The molecule has 96 valence electrons. The van der Waals surface area contributed by atoms with Gasteiger partial charge < -0.3 is 5.11 Å². The molecule has 2 rings (SSSR count). The molecule has 3 nitrogen and oxygen atoms in total. The van der Waals surface area contributed by atoms with Gasteiger partial charge in [-0.25, -0.2) is 9.97 Å². The Bertz CT molecular complexity index is 566. The van der Waals surface area contributed by atoms with Crippen molar-refractivity contribution in [2.24, 2.45) is 0 Å². The smallest absolute Gasteiger partial charge is 0.392 e. The fourth-order valence-electron chi connectivity index (χ4n) is 1.49. The largest absolute Gasteiger partial charge is 0.433 e. The highest BCUT2D eigenvalue weighted by molar-refractivity contribution is 7.08. The van der Waals surface area contributed by atoms with Gasteiger partial charge in [0.05, 0.1) is 6.61 Å². The molecule has 7 heteroatoms. The lowest BCUT2D eigenvalue weighted by Gasteiger charge is -2.11. The average Bonchev–Trinajstić information content (AvgIpc) is 2.73. The first kappa shape index (κ1) is 13.0. The van der Waals surface area contributed by atoms with Crippen LogP contribution in [0.5, 0.6) is 0 Å². The molecule has 0 spiro atoms. The van der Waals surface area contributed by atoms with Crippen molar-refractivity contribution in [1.29, 1.82) is 0 Å². The minimum absolute atomic E-state index is 0.0262. The van der Waals surface area contributed by atoms with Crippen molar-refractivity contribution in [3.63, 3.8) is 0 Å². The summed E-state index contributed by atoms with van der Waals surface area (Å²) in [7, 11) is 0. The second-order valence-electron chi connectivity index (χ2n) is 3.69. The second-order valence-corrected chi connectivity index (χ2v) is 4.44. The van der Waals surface area contributed by atoms with Crippen molar-refractivity contribution >= 4 is 11.3 Å². The highest BCUT2D eigenvalue weighted by Gasteiger charge is 2.36. The Kier molecular flexibility index (Phi) is 3.36. The minimum Gasteiger partial charge on any atom is -0.392 e. The molecule has 0 atom stereocenters. The molecule has 0 amide bonds. The van der Waals surface area contributed by atoms with E-state index in [1.807, 2.05) is 5.38 Å². The molecule has 0 aromatic carbocycles. The fourth-order valence-corrected chi connectivity index (χ4v) is 2.31. The van der Waals surface area contributed by atoms with E-state index in [1.165, 1.54) is 11.3 Å². The monoisotopic (exact) mass is 274 g/mol. The molecule has 2 aromatic rings. The summed E-state index contributed by atoms with van der Waals surface area (Å²) in [6.07, 6.45) is -3.58. The third-order valence-electron chi connectivity index (χ3n) is 2.40. The number of aliphatic hydroxyl groups excluding tert-OH is 1. The predicted molar refractivity (Wildman–Crippen MR) is 61.0 cm³/mol. The summed E-state index contributed by atoms with van der Waals surface area (Å²) in [6, 6.07) is 0. The Morgan fingerprint density at radius 3 is 2.56 bits per heavy atom. The normalized spacial score (nSPS) is 11.8. The van der Waals surface area contributed by atoms with Crippen molar-refractivity contribution < 1.29 is 18.3 Å². The molecular formula is C11H9F3N2OS. The number of rotatable bonds is 2. The number of hydrogen-bond acceptors (Lipinski definition) is 4. The second kappa shape index (κ2) is 4.66. The molecule has 0 unspecified atom stereocenters. The van der Waals surface area contributed by atoms with Gasteiger partial charge in [0.15, 0.2) is 11.5 Å². The number of aliphatic hydroxyl groups is 1. The third-order valence-corrected chi connectivity index (χ3v) is 3.26. The molecule has 2 heterocycles. The lowest BCUT2D eigenvalue weighted by Crippen LogP contribution is -2.13. The van der Waals surface area contributed by atoms with Crippen molar-refractivity contribution in [3.05, 3.63) is 33.8 Å². The van der Waals surface area contributed by atoms with Gasteiger partial charge in [0.1, 0.15) is 0 Å². The van der Waals surface area contributed by atoms with Crippen LogP contribution in [0.25, 0.3) is 11.4 Å². The van der Waals surface area contributed by atoms with Crippen LogP contribution in [0.2, 0.25) is 0 Å². The molecule has 0 saturated carbocycles. The van der Waals surface area contributed by atoms with Crippen molar-refractivity contribution in [2.75, 3.05) is 0 Å². The number of aryl methyl sites for hydroxylation is 1. The van der Waals surface area contributed by atoms with Crippen LogP contribution in [0.1, 0.15) is 16.8 Å². The van der Waals surface area contributed by atoms with E-state index in [0.29, 0.717) is 5.56 Å². The van der Waals surface area contributed by atoms with Crippen molar-refractivity contribution in [1.82, 2.24) is 9.97 Å². The number of halogens is 3. The summed E-state index contributed by atoms with van der Waals surface area (Å²) in [5.74, 6) is 0.0262. The average molecular weight is 274 g/mol. The first-order chi connectivity index (χ1) is 8.43. The lowest BCUT2D eigenvalue weighted by atomic mass is 10.2. The molecule has 2 aromatic heterocycles. The molecule has 0 radical (unpaired) electrons. The minimum atomic E-state index is -4.60. The SMILES string of the molecule is Cc1cscc1-c1ncc(CO)c(C(F)(F)F)n1. The summed E-state index contributed by atoms with van der Waals surface area (Å²) in [5, 5.41) is 12.4. The molecule has 18 heavy (non-hydrogen) atoms. The zero-order chi connectivity index (χ0) is 13.3. The van der Waals surface area contributed by atoms with Crippen LogP contribution in [0, 0.1) is 6.92 Å². The molecular weight excluding hydrogens is 265 g/mol. The maximum Gasteiger partial charge on any atom is 0.433 e. The van der Waals surface area contributed by atoms with E-state index in [2.05, 4.69) is 9.97 Å². The van der Waals surface area contributed by atoms with Gasteiger partial charge in [0.25, 0.3) is 0 Å². The van der Waals surface area contributed by atoms with Gasteiger partial charge in [0, 0.05) is 22.7 Å². The third kappa shape index (κ3) is 2.37. The Balaban J connectivity index is 2.57. The topological polar surface area (TPSA) is 46.0 Å². The summed E-state index contributed by atoms with van der Waals surface area (Å²) >= 11 is 1.37. The van der Waals surface area contributed by atoms with E-state index in [-0.39, 0.29) is 11.4 Å². The van der Waals surface area contributed by atoms with Gasteiger partial charge in [-0.3, -0.25) is 0 Å². The van der Waals surface area contributed by atoms with Crippen LogP contribution < -0.4 is 0 Å². The van der Waals surface area contributed by atoms with E-state index in [1.54, 1.807) is 12.3 Å². The predicted octanol–water partition coefficient (Wildman–Crippen LogP) is 3.02. The van der Waals surface area contributed by atoms with E-state index >= 15 is 0 Å². The zero-order valence-corrected chi connectivity index (χ0v) is 10.1. The van der Waals surface area contributed by atoms with Crippen LogP contribution in [0.3, 0.4) is 0 Å². The first-order valence-corrected chi connectivity index (χ1v) is 5.95. The zero-order valence-electron chi connectivity index (χ0n) is 9.32. The molecule has 0 aliphatic heterocycles. The maximum atomic E-state index is 12.8. The van der Waals surface area contributed by atoms with E-state index in [0.717, 1.165) is 11.8 Å². The van der Waals surface area contributed by atoms with Gasteiger partial charge in [-0.05, 0) is 17.9 Å². The number of thiophene rings is 1. The van der Waals surface area contributed by atoms with Gasteiger partial charge in [-0.2, -0.15) is 24.5 Å². The highest BCUT2D eigenvalue weighted by Crippen LogP contribution is 2.32. The number of alkyl halides is 3. The van der Waals surface area contributed by atoms with Crippen molar-refractivity contribution in [2.45, 2.75) is 19.7 Å².